The lowest BCUT2D eigenvalue weighted by molar-refractivity contribution is 0.509. The van der Waals surface area contributed by atoms with Crippen molar-refractivity contribution in [2.75, 3.05) is 0 Å². The zero-order valence-electron chi connectivity index (χ0n) is 15.9. The van der Waals surface area contributed by atoms with Crippen LogP contribution < -0.4 is 0 Å². The Morgan fingerprint density at radius 1 is 1.00 bits per heavy atom. The van der Waals surface area contributed by atoms with Gasteiger partial charge in [-0.05, 0) is 52.3 Å². The number of hydrogen-bond donors (Lipinski definition) is 0. The maximum absolute atomic E-state index is 5.94. The summed E-state index contributed by atoms with van der Waals surface area (Å²) in [6.45, 7) is 10.3. The molecule has 0 aliphatic rings. The van der Waals surface area contributed by atoms with Gasteiger partial charge in [-0.1, -0.05) is 29.5 Å². The molecule has 0 saturated carbocycles. The van der Waals surface area contributed by atoms with Crippen LogP contribution in [-0.2, 0) is 0 Å². The second kappa shape index (κ2) is 7.05. The molecule has 7 heteroatoms. The zero-order chi connectivity index (χ0) is 19.1. The average Bonchev–Trinajstić information content (AvgIpc) is 3.21. The summed E-state index contributed by atoms with van der Waals surface area (Å²) in [5, 5.41) is 10.6. The molecule has 0 fully saturated rings. The summed E-state index contributed by atoms with van der Waals surface area (Å²) in [7, 11) is 0. The van der Waals surface area contributed by atoms with Crippen LogP contribution in [0.3, 0.4) is 0 Å². The second-order valence-electron chi connectivity index (χ2n) is 6.61. The van der Waals surface area contributed by atoms with E-state index in [9.17, 15) is 0 Å². The average molecular weight is 397 g/mol. The Kier molecular flexibility index (Phi) is 4.74. The van der Waals surface area contributed by atoms with Gasteiger partial charge in [-0.3, -0.25) is 0 Å². The number of thioether (sulfide) groups is 1. The first-order valence-electron chi connectivity index (χ1n) is 8.74. The molecule has 0 unspecified atom stereocenters. The first-order valence-corrected chi connectivity index (χ1v) is 10.4. The fourth-order valence-electron chi connectivity index (χ4n) is 2.83. The summed E-state index contributed by atoms with van der Waals surface area (Å²) in [6.07, 6.45) is 0. The number of aromatic nitrogens is 4. The number of nitrogens with zero attached hydrogens (tertiary/aromatic N) is 4. The van der Waals surface area contributed by atoms with Crippen molar-refractivity contribution in [3.63, 3.8) is 0 Å². The van der Waals surface area contributed by atoms with Gasteiger partial charge in [0, 0.05) is 15.8 Å². The number of fused-ring (bicyclic) bond motifs is 1. The van der Waals surface area contributed by atoms with Gasteiger partial charge in [0.2, 0.25) is 11.8 Å². The first kappa shape index (κ1) is 18.1. The van der Waals surface area contributed by atoms with Crippen molar-refractivity contribution in [1.29, 1.82) is 0 Å². The monoisotopic (exact) mass is 396 g/mol. The largest absolute Gasteiger partial charge is 0.419 e. The topological polar surface area (TPSA) is 64.7 Å². The third kappa shape index (κ3) is 3.49. The quantitative estimate of drug-likeness (QED) is 0.319. The molecule has 3 heterocycles. The van der Waals surface area contributed by atoms with E-state index in [0.717, 1.165) is 26.6 Å². The molecule has 0 bridgehead atoms. The molecule has 27 heavy (non-hydrogen) atoms. The van der Waals surface area contributed by atoms with E-state index in [-0.39, 0.29) is 5.25 Å². The summed E-state index contributed by atoms with van der Waals surface area (Å²) in [5.41, 5.74) is 3.38. The Labute approximate surface area is 166 Å². The molecule has 138 valence electrons. The van der Waals surface area contributed by atoms with Crippen molar-refractivity contribution in [1.82, 2.24) is 20.2 Å². The Bertz CT molecular complexity index is 1120. The van der Waals surface area contributed by atoms with Crippen LogP contribution >= 0.6 is 23.1 Å². The van der Waals surface area contributed by atoms with Crippen molar-refractivity contribution in [3.8, 4) is 11.5 Å². The molecular formula is C20H20N4OS2. The number of rotatable bonds is 4. The van der Waals surface area contributed by atoms with Crippen LogP contribution in [0.15, 0.2) is 33.7 Å². The molecule has 0 amide bonds. The smallest absolute Gasteiger partial charge is 0.247 e. The third-order valence-electron chi connectivity index (χ3n) is 4.48. The summed E-state index contributed by atoms with van der Waals surface area (Å²) in [5.74, 6) is 1.93. The van der Waals surface area contributed by atoms with Crippen molar-refractivity contribution in [3.05, 3.63) is 52.0 Å². The van der Waals surface area contributed by atoms with E-state index in [4.69, 9.17) is 4.42 Å². The van der Waals surface area contributed by atoms with E-state index in [1.165, 1.54) is 16.0 Å². The first-order chi connectivity index (χ1) is 12.9. The minimum atomic E-state index is -0.00574. The summed E-state index contributed by atoms with van der Waals surface area (Å²) in [4.78, 5) is 11.6. The van der Waals surface area contributed by atoms with Gasteiger partial charge in [-0.15, -0.1) is 21.5 Å². The van der Waals surface area contributed by atoms with Crippen LogP contribution in [0.2, 0.25) is 0 Å². The molecule has 5 nitrogen and oxygen atoms in total. The van der Waals surface area contributed by atoms with Crippen LogP contribution in [0.4, 0.5) is 0 Å². The highest BCUT2D eigenvalue weighted by atomic mass is 32.2. The summed E-state index contributed by atoms with van der Waals surface area (Å²) >= 11 is 3.35. The molecule has 0 saturated heterocycles. The Balaban J connectivity index is 1.64. The lowest BCUT2D eigenvalue weighted by Gasteiger charge is -2.08. The predicted octanol–water partition coefficient (Wildman–Crippen LogP) is 5.83. The van der Waals surface area contributed by atoms with E-state index in [0.29, 0.717) is 11.8 Å². The number of aryl methyl sites for hydroxylation is 4. The van der Waals surface area contributed by atoms with E-state index < -0.39 is 0 Å². The van der Waals surface area contributed by atoms with Gasteiger partial charge in [-0.2, -0.15) is 0 Å². The molecule has 0 aliphatic heterocycles. The lowest BCUT2D eigenvalue weighted by Crippen LogP contribution is -1.95. The summed E-state index contributed by atoms with van der Waals surface area (Å²) in [6, 6.07) is 8.08. The Morgan fingerprint density at radius 2 is 1.74 bits per heavy atom. The molecule has 0 N–H and O–H groups in total. The standard InChI is InChI=1S/C20H20N4OS2/c1-10-6-8-15(9-7-10)18-24-23-17(25-18)13(4)27-20-16-11(2)12(3)26-19(16)21-14(5)22-20/h6-9,13H,1-5H3/t13-/m1/s1. The Hall–Kier alpha value is -2.25. The minimum absolute atomic E-state index is 0.00574. The van der Waals surface area contributed by atoms with Crippen LogP contribution in [0.5, 0.6) is 0 Å². The van der Waals surface area contributed by atoms with Crippen molar-refractivity contribution in [2.24, 2.45) is 0 Å². The fraction of sp³-hybridized carbons (Fsp3) is 0.300. The van der Waals surface area contributed by atoms with Gasteiger partial charge in [-0.25, -0.2) is 9.97 Å². The van der Waals surface area contributed by atoms with Crippen LogP contribution in [0.1, 0.15) is 39.9 Å². The lowest BCUT2D eigenvalue weighted by atomic mass is 10.1. The van der Waals surface area contributed by atoms with Gasteiger partial charge in [0.1, 0.15) is 15.7 Å². The number of benzene rings is 1. The van der Waals surface area contributed by atoms with Crippen LogP contribution in [0, 0.1) is 27.7 Å². The fourth-order valence-corrected chi connectivity index (χ4v) is 5.05. The highest BCUT2D eigenvalue weighted by molar-refractivity contribution is 7.99. The van der Waals surface area contributed by atoms with Gasteiger partial charge >= 0.3 is 0 Å². The maximum atomic E-state index is 5.94. The van der Waals surface area contributed by atoms with Crippen molar-refractivity contribution >= 4 is 33.3 Å². The molecule has 0 spiro atoms. The van der Waals surface area contributed by atoms with Gasteiger partial charge < -0.3 is 4.42 Å². The van der Waals surface area contributed by atoms with E-state index in [1.807, 2.05) is 31.2 Å². The highest BCUT2D eigenvalue weighted by Gasteiger charge is 2.21. The third-order valence-corrected chi connectivity index (χ3v) is 6.66. The van der Waals surface area contributed by atoms with Crippen LogP contribution in [0.25, 0.3) is 21.7 Å². The van der Waals surface area contributed by atoms with E-state index in [1.54, 1.807) is 23.1 Å². The van der Waals surface area contributed by atoms with E-state index in [2.05, 4.69) is 47.9 Å². The predicted molar refractivity (Wildman–Crippen MR) is 110 cm³/mol. The molecular weight excluding hydrogens is 376 g/mol. The second-order valence-corrected chi connectivity index (χ2v) is 9.14. The molecule has 1 aromatic carbocycles. The maximum Gasteiger partial charge on any atom is 0.247 e. The molecule has 0 radical (unpaired) electrons. The molecule has 4 rings (SSSR count). The summed E-state index contributed by atoms with van der Waals surface area (Å²) < 4.78 is 5.94. The highest BCUT2D eigenvalue weighted by Crippen LogP contribution is 2.41. The molecule has 1 atom stereocenters. The molecule has 0 aliphatic carbocycles. The van der Waals surface area contributed by atoms with Crippen molar-refractivity contribution < 1.29 is 4.42 Å². The van der Waals surface area contributed by atoms with Gasteiger partial charge in [0.25, 0.3) is 0 Å². The number of hydrogen-bond acceptors (Lipinski definition) is 7. The van der Waals surface area contributed by atoms with Gasteiger partial charge in [0.15, 0.2) is 0 Å². The van der Waals surface area contributed by atoms with Crippen LogP contribution in [-0.4, -0.2) is 20.2 Å². The molecule has 4 aromatic rings. The van der Waals surface area contributed by atoms with Crippen molar-refractivity contribution in [2.45, 2.75) is 44.9 Å². The number of thiophene rings is 1. The zero-order valence-corrected chi connectivity index (χ0v) is 17.5. The molecule has 3 aromatic heterocycles. The normalized spacial score (nSPS) is 12.6. The SMILES string of the molecule is Cc1ccc(-c2nnc([C@@H](C)Sc3nc(C)nc4sc(C)c(C)c34)o2)cc1. The minimum Gasteiger partial charge on any atom is -0.419 e. The Morgan fingerprint density at radius 3 is 2.48 bits per heavy atom. The van der Waals surface area contributed by atoms with Gasteiger partial charge in [0.05, 0.1) is 5.25 Å². The van der Waals surface area contributed by atoms with E-state index >= 15 is 0 Å².